The van der Waals surface area contributed by atoms with Crippen LogP contribution in [-0.4, -0.2) is 19.0 Å². The number of para-hydroxylation sites is 2. The monoisotopic (exact) mass is 333 g/mol. The molecule has 0 atom stereocenters. The molecule has 4 heteroatoms. The Bertz CT molecular complexity index is 691. The van der Waals surface area contributed by atoms with E-state index in [-0.39, 0.29) is 0 Å². The highest BCUT2D eigenvalue weighted by Crippen LogP contribution is 2.24. The second-order valence-corrected chi connectivity index (χ2v) is 5.79. The van der Waals surface area contributed by atoms with Gasteiger partial charge >= 0.3 is 0 Å². The van der Waals surface area contributed by atoms with Crippen molar-refractivity contribution in [2.45, 2.75) is 6.54 Å². The second kappa shape index (κ2) is 10.0. The number of hydrogen-bond donors (Lipinski definition) is 0. The predicted octanol–water partition coefficient (Wildman–Crippen LogP) is 5.25. The molecule has 0 fully saturated rings. The Morgan fingerprint density at radius 2 is 1.08 bits per heavy atom. The van der Waals surface area contributed by atoms with Crippen molar-refractivity contribution >= 4 is 11.4 Å². The summed E-state index contributed by atoms with van der Waals surface area (Å²) in [5.41, 5.74) is 2.89. The van der Waals surface area contributed by atoms with Crippen LogP contribution in [0.25, 0.3) is 0 Å². The Balaban J connectivity index is 0.000000196. The van der Waals surface area contributed by atoms with Crippen molar-refractivity contribution in [2.75, 3.05) is 19.1 Å². The van der Waals surface area contributed by atoms with Gasteiger partial charge in [-0.05, 0) is 43.9 Å². The lowest BCUT2D eigenvalue weighted by atomic mass is 10.2. The Kier molecular flexibility index (Phi) is 7.35. The molecular weight excluding hydrogens is 310 g/mol. The molecule has 128 valence electrons. The quantitative estimate of drug-likeness (QED) is 0.472. The maximum atomic E-state index is 10.8. The largest absolute Gasteiger partial charge is 0.305 e. The zero-order chi connectivity index (χ0) is 17.9. The van der Waals surface area contributed by atoms with Crippen LogP contribution in [0.3, 0.4) is 0 Å². The fraction of sp³-hybridized carbons (Fsp3) is 0.143. The van der Waals surface area contributed by atoms with Crippen molar-refractivity contribution in [1.82, 2.24) is 4.90 Å². The van der Waals surface area contributed by atoms with Gasteiger partial charge in [0, 0.05) is 6.54 Å². The molecule has 0 N–H and O–H groups in total. The van der Waals surface area contributed by atoms with Gasteiger partial charge in [0.05, 0.1) is 16.7 Å². The van der Waals surface area contributed by atoms with Crippen molar-refractivity contribution in [1.29, 1.82) is 0 Å². The van der Waals surface area contributed by atoms with E-state index in [1.54, 1.807) is 0 Å². The summed E-state index contributed by atoms with van der Waals surface area (Å²) in [4.78, 5) is 12.9. The summed E-state index contributed by atoms with van der Waals surface area (Å²) >= 11 is 0. The minimum absolute atomic E-state index is 0.763. The minimum atomic E-state index is 0.763. The average Bonchev–Trinajstić information content (AvgIpc) is 2.65. The lowest BCUT2D eigenvalue weighted by molar-refractivity contribution is 0.402. The molecule has 0 saturated heterocycles. The molecule has 0 aliphatic carbocycles. The maximum absolute atomic E-state index is 10.8. The number of rotatable bonds is 5. The van der Waals surface area contributed by atoms with E-state index in [2.05, 4.69) is 48.5 Å². The third kappa shape index (κ3) is 6.20. The van der Waals surface area contributed by atoms with E-state index in [4.69, 9.17) is 0 Å². The van der Waals surface area contributed by atoms with Crippen LogP contribution in [-0.2, 0) is 6.54 Å². The van der Waals surface area contributed by atoms with Crippen LogP contribution in [0.2, 0.25) is 0 Å². The van der Waals surface area contributed by atoms with Crippen LogP contribution < -0.4 is 5.01 Å². The van der Waals surface area contributed by atoms with E-state index >= 15 is 0 Å². The molecule has 0 unspecified atom stereocenters. The van der Waals surface area contributed by atoms with Crippen LogP contribution in [0.4, 0.5) is 11.4 Å². The first-order chi connectivity index (χ1) is 12.2. The van der Waals surface area contributed by atoms with Crippen LogP contribution in [0.1, 0.15) is 5.56 Å². The van der Waals surface area contributed by atoms with Crippen LogP contribution in [0, 0.1) is 4.91 Å². The van der Waals surface area contributed by atoms with Crippen molar-refractivity contribution in [3.63, 3.8) is 0 Å². The van der Waals surface area contributed by atoms with Crippen molar-refractivity contribution in [3.8, 4) is 0 Å². The lowest BCUT2D eigenvalue weighted by Crippen LogP contribution is -2.10. The standard InChI is InChI=1S/C12H10N2O.C9H13N/c15-13-14(11-7-3-1-4-8-11)12-9-5-2-6-10-12;1-10(2)8-9-6-4-3-5-7-9/h1-10H;3-7H,8H2,1-2H3. The average molecular weight is 333 g/mol. The van der Waals surface area contributed by atoms with Gasteiger partial charge in [-0.3, -0.25) is 0 Å². The van der Waals surface area contributed by atoms with Gasteiger partial charge < -0.3 is 4.90 Å². The van der Waals surface area contributed by atoms with E-state index < -0.39 is 0 Å². The Hall–Kier alpha value is -2.98. The van der Waals surface area contributed by atoms with Crippen molar-refractivity contribution in [3.05, 3.63) is 101 Å². The second-order valence-electron chi connectivity index (χ2n) is 5.79. The maximum Gasteiger partial charge on any atom is 0.0685 e. The minimum Gasteiger partial charge on any atom is -0.305 e. The molecule has 0 bridgehead atoms. The first-order valence-corrected chi connectivity index (χ1v) is 8.13. The van der Waals surface area contributed by atoms with Crippen LogP contribution in [0.5, 0.6) is 0 Å². The first kappa shape index (κ1) is 18.4. The molecule has 0 aliphatic rings. The van der Waals surface area contributed by atoms with Gasteiger partial charge in [-0.15, -0.1) is 4.91 Å². The summed E-state index contributed by atoms with van der Waals surface area (Å²) in [7, 11) is 4.15. The van der Waals surface area contributed by atoms with E-state index in [0.717, 1.165) is 17.9 Å². The van der Waals surface area contributed by atoms with Gasteiger partial charge in [0.25, 0.3) is 0 Å². The SMILES string of the molecule is CN(C)Cc1ccccc1.O=NN(c1ccccc1)c1ccccc1. The van der Waals surface area contributed by atoms with Gasteiger partial charge in [0.2, 0.25) is 0 Å². The molecule has 4 nitrogen and oxygen atoms in total. The molecule has 0 aliphatic heterocycles. The van der Waals surface area contributed by atoms with Gasteiger partial charge in [-0.1, -0.05) is 66.7 Å². The van der Waals surface area contributed by atoms with Crippen LogP contribution in [0.15, 0.2) is 96.3 Å². The summed E-state index contributed by atoms with van der Waals surface area (Å²) in [5.74, 6) is 0. The molecule has 3 aromatic rings. The summed E-state index contributed by atoms with van der Waals surface area (Å²) in [5, 5.41) is 4.37. The van der Waals surface area contributed by atoms with Crippen molar-refractivity contribution in [2.24, 2.45) is 5.29 Å². The lowest BCUT2D eigenvalue weighted by Gasteiger charge is -2.14. The fourth-order valence-electron chi connectivity index (χ4n) is 2.33. The number of anilines is 2. The molecule has 0 spiro atoms. The van der Waals surface area contributed by atoms with E-state index in [0.29, 0.717) is 0 Å². The van der Waals surface area contributed by atoms with E-state index in [1.165, 1.54) is 10.6 Å². The molecule has 3 rings (SSSR count). The first-order valence-electron chi connectivity index (χ1n) is 8.13. The number of nitroso groups, excluding NO2 is 1. The van der Waals surface area contributed by atoms with Crippen LogP contribution >= 0.6 is 0 Å². The zero-order valence-corrected chi connectivity index (χ0v) is 14.6. The fourth-order valence-corrected chi connectivity index (χ4v) is 2.33. The molecular formula is C21H23N3O. The number of hydrogen-bond acceptors (Lipinski definition) is 3. The summed E-state index contributed by atoms with van der Waals surface area (Å²) in [6, 6.07) is 29.1. The molecule has 0 heterocycles. The molecule has 0 saturated carbocycles. The molecule has 3 aromatic carbocycles. The highest BCUT2D eigenvalue weighted by atomic mass is 16.3. The number of nitrogens with zero attached hydrogens (tertiary/aromatic N) is 3. The number of benzene rings is 3. The topological polar surface area (TPSA) is 35.9 Å². The van der Waals surface area contributed by atoms with Crippen molar-refractivity contribution < 1.29 is 0 Å². The van der Waals surface area contributed by atoms with E-state index in [9.17, 15) is 4.91 Å². The molecule has 25 heavy (non-hydrogen) atoms. The smallest absolute Gasteiger partial charge is 0.0685 e. The summed E-state index contributed by atoms with van der Waals surface area (Å²) in [6.07, 6.45) is 0. The summed E-state index contributed by atoms with van der Waals surface area (Å²) in [6.45, 7) is 1.03. The van der Waals surface area contributed by atoms with Gasteiger partial charge in [0.15, 0.2) is 0 Å². The molecule has 0 amide bonds. The molecule has 0 aromatic heterocycles. The Labute approximate surface area is 149 Å². The van der Waals surface area contributed by atoms with Gasteiger partial charge in [-0.25, -0.2) is 0 Å². The van der Waals surface area contributed by atoms with Gasteiger partial charge in [0.1, 0.15) is 0 Å². The van der Waals surface area contributed by atoms with Gasteiger partial charge in [-0.2, -0.15) is 5.01 Å². The molecule has 0 radical (unpaired) electrons. The highest BCUT2D eigenvalue weighted by molar-refractivity contribution is 5.61. The Morgan fingerprint density at radius 3 is 1.44 bits per heavy atom. The Morgan fingerprint density at radius 1 is 0.680 bits per heavy atom. The summed E-state index contributed by atoms with van der Waals surface area (Å²) < 4.78 is 0. The zero-order valence-electron chi connectivity index (χ0n) is 14.6. The highest BCUT2D eigenvalue weighted by Gasteiger charge is 2.07. The third-order valence-electron chi connectivity index (χ3n) is 3.42. The predicted molar refractivity (Wildman–Crippen MR) is 105 cm³/mol. The normalized spacial score (nSPS) is 9.88. The third-order valence-corrected chi connectivity index (χ3v) is 3.42. The van der Waals surface area contributed by atoms with E-state index in [1.807, 2.05) is 66.7 Å².